The zero-order valence-electron chi connectivity index (χ0n) is 21.4. The predicted molar refractivity (Wildman–Crippen MR) is 142 cm³/mol. The Morgan fingerprint density at radius 3 is 2.05 bits per heavy atom. The van der Waals surface area contributed by atoms with Gasteiger partial charge in [0.05, 0.1) is 10.6 Å². The number of hydrogen-bond donors (Lipinski definition) is 1. The molecule has 196 valence electrons. The molecule has 0 radical (unpaired) electrons. The molecular weight excluding hydrogens is 493 g/mol. The van der Waals surface area contributed by atoms with Crippen molar-refractivity contribution in [2.45, 2.75) is 51.2 Å². The molecule has 1 atom stereocenters. The Morgan fingerprint density at radius 1 is 0.892 bits per heavy atom. The number of aryl methyl sites for hydroxylation is 1. The fourth-order valence-corrected chi connectivity index (χ4v) is 5.17. The van der Waals surface area contributed by atoms with Crippen LogP contribution >= 0.6 is 0 Å². The molecule has 7 nitrogen and oxygen atoms in total. The van der Waals surface area contributed by atoms with E-state index in [0.29, 0.717) is 0 Å². The van der Waals surface area contributed by atoms with E-state index in [4.69, 9.17) is 0 Å². The summed E-state index contributed by atoms with van der Waals surface area (Å²) in [7, 11) is -4.18. The molecule has 0 bridgehead atoms. The molecule has 0 aliphatic rings. The minimum atomic E-state index is -4.18. The first-order valence-corrected chi connectivity index (χ1v) is 13.4. The number of anilines is 1. The van der Waals surface area contributed by atoms with Gasteiger partial charge in [-0.25, -0.2) is 12.8 Å². The van der Waals surface area contributed by atoms with Crippen LogP contribution in [0.3, 0.4) is 0 Å². The number of sulfonamides is 1. The summed E-state index contributed by atoms with van der Waals surface area (Å²) in [5, 5.41) is 2.81. The highest BCUT2D eigenvalue weighted by atomic mass is 32.2. The number of nitrogens with zero attached hydrogens (tertiary/aromatic N) is 2. The van der Waals surface area contributed by atoms with Crippen molar-refractivity contribution in [3.63, 3.8) is 0 Å². The third kappa shape index (κ3) is 7.16. The monoisotopic (exact) mass is 525 g/mol. The molecule has 9 heteroatoms. The van der Waals surface area contributed by atoms with Gasteiger partial charge in [0.15, 0.2) is 0 Å². The minimum absolute atomic E-state index is 0.0113. The van der Waals surface area contributed by atoms with Gasteiger partial charge in [0.1, 0.15) is 18.4 Å². The molecule has 1 N–H and O–H groups in total. The summed E-state index contributed by atoms with van der Waals surface area (Å²) in [4.78, 5) is 28.0. The van der Waals surface area contributed by atoms with Crippen molar-refractivity contribution in [2.24, 2.45) is 0 Å². The first kappa shape index (κ1) is 27.9. The normalized spacial score (nSPS) is 12.2. The second-order valence-electron chi connectivity index (χ2n) is 9.15. The molecule has 3 aromatic rings. The summed E-state index contributed by atoms with van der Waals surface area (Å²) >= 11 is 0. The van der Waals surface area contributed by atoms with E-state index in [1.165, 1.54) is 29.2 Å². The maximum absolute atomic E-state index is 13.7. The number of halogens is 1. The van der Waals surface area contributed by atoms with Crippen LogP contribution in [0, 0.1) is 12.7 Å². The van der Waals surface area contributed by atoms with Crippen molar-refractivity contribution < 1.29 is 22.4 Å². The molecule has 0 unspecified atom stereocenters. The lowest BCUT2D eigenvalue weighted by Crippen LogP contribution is -2.52. The van der Waals surface area contributed by atoms with Crippen LogP contribution in [-0.4, -0.2) is 43.8 Å². The van der Waals surface area contributed by atoms with Crippen molar-refractivity contribution in [2.75, 3.05) is 10.8 Å². The van der Waals surface area contributed by atoms with Gasteiger partial charge in [-0.1, -0.05) is 48.0 Å². The van der Waals surface area contributed by atoms with Crippen molar-refractivity contribution in [3.05, 3.63) is 95.8 Å². The van der Waals surface area contributed by atoms with Gasteiger partial charge >= 0.3 is 0 Å². The van der Waals surface area contributed by atoms with Gasteiger partial charge < -0.3 is 10.2 Å². The molecule has 3 aromatic carbocycles. The van der Waals surface area contributed by atoms with E-state index < -0.39 is 34.3 Å². The van der Waals surface area contributed by atoms with E-state index in [1.807, 2.05) is 45.0 Å². The molecule has 0 aliphatic heterocycles. The van der Waals surface area contributed by atoms with E-state index >= 15 is 0 Å². The van der Waals surface area contributed by atoms with E-state index in [1.54, 1.807) is 25.1 Å². The summed E-state index contributed by atoms with van der Waals surface area (Å²) in [6.07, 6.45) is 0. The molecule has 0 spiro atoms. The lowest BCUT2D eigenvalue weighted by molar-refractivity contribution is -0.139. The van der Waals surface area contributed by atoms with Gasteiger partial charge in [0.2, 0.25) is 11.8 Å². The van der Waals surface area contributed by atoms with Crippen LogP contribution in [0.2, 0.25) is 0 Å². The molecule has 0 heterocycles. The molecule has 0 saturated carbocycles. The largest absolute Gasteiger partial charge is 0.352 e. The molecule has 0 aliphatic carbocycles. The first-order valence-electron chi connectivity index (χ1n) is 12.0. The zero-order valence-corrected chi connectivity index (χ0v) is 22.2. The van der Waals surface area contributed by atoms with Gasteiger partial charge in [-0.05, 0) is 69.7 Å². The topological polar surface area (TPSA) is 86.8 Å². The molecule has 0 aromatic heterocycles. The van der Waals surface area contributed by atoms with Gasteiger partial charge in [0, 0.05) is 12.6 Å². The first-order chi connectivity index (χ1) is 17.5. The van der Waals surface area contributed by atoms with Crippen LogP contribution in [0.15, 0.2) is 83.8 Å². The number of carbonyl (C=O) groups is 2. The Morgan fingerprint density at radius 2 is 1.49 bits per heavy atom. The molecule has 37 heavy (non-hydrogen) atoms. The summed E-state index contributed by atoms with van der Waals surface area (Å²) < 4.78 is 41.8. The maximum atomic E-state index is 13.7. The predicted octanol–water partition coefficient (Wildman–Crippen LogP) is 4.27. The van der Waals surface area contributed by atoms with Crippen LogP contribution in [0.1, 0.15) is 31.9 Å². The van der Waals surface area contributed by atoms with Gasteiger partial charge in [0.25, 0.3) is 10.0 Å². The van der Waals surface area contributed by atoms with Crippen LogP contribution in [0.5, 0.6) is 0 Å². The maximum Gasteiger partial charge on any atom is 0.264 e. The number of amides is 2. The Labute approximate surface area is 218 Å². The summed E-state index contributed by atoms with van der Waals surface area (Å²) in [6, 6.07) is 19.1. The van der Waals surface area contributed by atoms with Crippen LogP contribution in [0.4, 0.5) is 10.1 Å². The quantitative estimate of drug-likeness (QED) is 0.428. The highest BCUT2D eigenvalue weighted by molar-refractivity contribution is 7.92. The van der Waals surface area contributed by atoms with Crippen molar-refractivity contribution in [3.8, 4) is 0 Å². The fourth-order valence-electron chi connectivity index (χ4n) is 3.73. The molecule has 3 rings (SSSR count). The number of rotatable bonds is 10. The SMILES string of the molecule is Cc1ccc(CN(C(=O)CN(c2ccc(F)cc2)S(=O)(=O)c2ccccc2)[C@@H](C)C(=O)NC(C)C)cc1. The smallest absolute Gasteiger partial charge is 0.264 e. The Bertz CT molecular complexity index is 1310. The summed E-state index contributed by atoms with van der Waals surface area (Å²) in [5.74, 6) is -1.46. The van der Waals surface area contributed by atoms with Crippen LogP contribution < -0.4 is 9.62 Å². The van der Waals surface area contributed by atoms with E-state index in [9.17, 15) is 22.4 Å². The average Bonchev–Trinajstić information content (AvgIpc) is 2.87. The van der Waals surface area contributed by atoms with Crippen LogP contribution in [0.25, 0.3) is 0 Å². The number of nitrogens with one attached hydrogen (secondary N) is 1. The Balaban J connectivity index is 2.00. The molecule has 0 fully saturated rings. The van der Waals surface area contributed by atoms with E-state index in [0.717, 1.165) is 27.6 Å². The summed E-state index contributed by atoms with van der Waals surface area (Å²) in [5.41, 5.74) is 1.97. The highest BCUT2D eigenvalue weighted by Gasteiger charge is 2.32. The second kappa shape index (κ2) is 12.0. The van der Waals surface area contributed by atoms with Gasteiger partial charge in [-0.2, -0.15) is 0 Å². The van der Waals surface area contributed by atoms with E-state index in [2.05, 4.69) is 5.32 Å². The number of benzene rings is 3. The number of hydrogen-bond acceptors (Lipinski definition) is 4. The standard InChI is InChI=1S/C28H32FN3O4S/c1-20(2)30-28(34)22(4)31(18-23-12-10-21(3)11-13-23)27(33)19-32(25-16-14-24(29)15-17-25)37(35,36)26-8-6-5-7-9-26/h5-17,20,22H,18-19H2,1-4H3,(H,30,34)/t22-/m0/s1. The minimum Gasteiger partial charge on any atom is -0.352 e. The van der Waals surface area contributed by atoms with Gasteiger partial charge in [-0.3, -0.25) is 13.9 Å². The second-order valence-corrected chi connectivity index (χ2v) is 11.0. The zero-order chi connectivity index (χ0) is 27.2. The molecule has 2 amide bonds. The van der Waals surface area contributed by atoms with Crippen molar-refractivity contribution >= 4 is 27.5 Å². The van der Waals surface area contributed by atoms with Crippen molar-refractivity contribution in [1.29, 1.82) is 0 Å². The lowest BCUT2D eigenvalue weighted by atomic mass is 10.1. The number of carbonyl (C=O) groups excluding carboxylic acids is 2. The van der Waals surface area contributed by atoms with Crippen molar-refractivity contribution in [1.82, 2.24) is 10.2 Å². The lowest BCUT2D eigenvalue weighted by Gasteiger charge is -2.32. The summed E-state index contributed by atoms with van der Waals surface area (Å²) in [6.45, 7) is 6.72. The molecular formula is C28H32FN3O4S. The van der Waals surface area contributed by atoms with Gasteiger partial charge in [-0.15, -0.1) is 0 Å². The Kier molecular flexibility index (Phi) is 9.04. The van der Waals surface area contributed by atoms with Crippen LogP contribution in [-0.2, 0) is 26.2 Å². The molecule has 0 saturated heterocycles. The third-order valence-electron chi connectivity index (χ3n) is 5.80. The Hall–Kier alpha value is -3.72. The van der Waals surface area contributed by atoms with E-state index in [-0.39, 0.29) is 29.1 Å². The average molecular weight is 526 g/mol. The fraction of sp³-hybridized carbons (Fsp3) is 0.286. The highest BCUT2D eigenvalue weighted by Crippen LogP contribution is 2.25. The third-order valence-corrected chi connectivity index (χ3v) is 7.58.